The summed E-state index contributed by atoms with van der Waals surface area (Å²) in [5, 5.41) is 3.48. The Bertz CT molecular complexity index is 432. The molecule has 1 aromatic carbocycles. The van der Waals surface area contributed by atoms with E-state index in [-0.39, 0.29) is 11.9 Å². The van der Waals surface area contributed by atoms with Gasteiger partial charge in [-0.3, -0.25) is 0 Å². The van der Waals surface area contributed by atoms with Gasteiger partial charge in [0.05, 0.1) is 7.11 Å². The second-order valence-corrected chi connectivity index (χ2v) is 5.65. The Morgan fingerprint density at radius 1 is 1.30 bits per heavy atom. The maximum atomic E-state index is 14.0. The topological polar surface area (TPSA) is 24.5 Å². The number of rotatable bonds is 6. The van der Waals surface area contributed by atoms with E-state index in [1.54, 1.807) is 13.2 Å². The largest absolute Gasteiger partial charge is 0.496 e. The first-order chi connectivity index (χ1) is 9.61. The molecule has 0 aliphatic carbocycles. The Labute approximate surface area is 121 Å². The number of likely N-dealkylation sites (tertiary alicyclic amines) is 1. The molecule has 20 heavy (non-hydrogen) atoms. The number of nitrogens with zero attached hydrogens (tertiary/aromatic N) is 1. The Hall–Kier alpha value is -1.13. The molecule has 0 bridgehead atoms. The molecule has 1 fully saturated rings. The van der Waals surface area contributed by atoms with Gasteiger partial charge in [-0.25, -0.2) is 4.39 Å². The summed E-state index contributed by atoms with van der Waals surface area (Å²) < 4.78 is 19.3. The molecule has 0 amide bonds. The summed E-state index contributed by atoms with van der Waals surface area (Å²) >= 11 is 0. The van der Waals surface area contributed by atoms with Crippen LogP contribution >= 0.6 is 0 Å². The zero-order valence-electron chi connectivity index (χ0n) is 12.7. The Morgan fingerprint density at radius 3 is 2.65 bits per heavy atom. The number of hydrogen-bond acceptors (Lipinski definition) is 3. The quantitative estimate of drug-likeness (QED) is 0.867. The molecule has 1 aromatic rings. The molecule has 1 heterocycles. The van der Waals surface area contributed by atoms with E-state index in [4.69, 9.17) is 4.74 Å². The first-order valence-electron chi connectivity index (χ1n) is 7.42. The van der Waals surface area contributed by atoms with Crippen LogP contribution in [0.3, 0.4) is 0 Å². The van der Waals surface area contributed by atoms with Crippen molar-refractivity contribution < 1.29 is 9.13 Å². The Balaban J connectivity index is 1.98. The van der Waals surface area contributed by atoms with E-state index in [2.05, 4.69) is 17.1 Å². The molecule has 2 rings (SSSR count). The molecule has 4 heteroatoms. The van der Waals surface area contributed by atoms with Gasteiger partial charge in [-0.2, -0.15) is 0 Å². The number of ether oxygens (including phenoxy) is 1. The van der Waals surface area contributed by atoms with Gasteiger partial charge in [0.1, 0.15) is 11.6 Å². The van der Waals surface area contributed by atoms with Crippen molar-refractivity contribution >= 4 is 0 Å². The average molecular weight is 280 g/mol. The van der Waals surface area contributed by atoms with Crippen LogP contribution in [0, 0.1) is 5.82 Å². The molecule has 112 valence electrons. The molecule has 1 aliphatic heterocycles. The third-order valence-electron chi connectivity index (χ3n) is 3.93. The van der Waals surface area contributed by atoms with Crippen LogP contribution in [0.15, 0.2) is 18.2 Å². The summed E-state index contributed by atoms with van der Waals surface area (Å²) in [7, 11) is 1.58. The molecule has 0 spiro atoms. The van der Waals surface area contributed by atoms with Crippen molar-refractivity contribution in [2.24, 2.45) is 0 Å². The maximum Gasteiger partial charge on any atom is 0.131 e. The first-order valence-corrected chi connectivity index (χ1v) is 7.42. The van der Waals surface area contributed by atoms with Crippen LogP contribution in [0.5, 0.6) is 5.75 Å². The summed E-state index contributed by atoms with van der Waals surface area (Å²) in [6.45, 7) is 7.53. The summed E-state index contributed by atoms with van der Waals surface area (Å²) in [6.07, 6.45) is 2.59. The van der Waals surface area contributed by atoms with Gasteiger partial charge in [-0.05, 0) is 51.9 Å². The predicted molar refractivity (Wildman–Crippen MR) is 79.6 cm³/mol. The summed E-state index contributed by atoms with van der Waals surface area (Å²) in [6, 6.07) is 5.23. The van der Waals surface area contributed by atoms with Gasteiger partial charge in [-0.15, -0.1) is 0 Å². The SMILES string of the molecule is COc1cccc(F)c1C(C)NC(C)CN1CCCC1. The lowest BCUT2D eigenvalue weighted by Gasteiger charge is -2.25. The summed E-state index contributed by atoms with van der Waals surface area (Å²) in [5.74, 6) is 0.399. The highest BCUT2D eigenvalue weighted by Crippen LogP contribution is 2.27. The van der Waals surface area contributed by atoms with Gasteiger partial charge in [0.15, 0.2) is 0 Å². The second kappa shape index (κ2) is 7.04. The fraction of sp³-hybridized carbons (Fsp3) is 0.625. The highest BCUT2D eigenvalue weighted by Gasteiger charge is 2.20. The van der Waals surface area contributed by atoms with Crippen molar-refractivity contribution in [1.82, 2.24) is 10.2 Å². The van der Waals surface area contributed by atoms with E-state index in [1.165, 1.54) is 32.0 Å². The molecule has 0 aromatic heterocycles. The molecular weight excluding hydrogens is 255 g/mol. The molecule has 1 aliphatic rings. The van der Waals surface area contributed by atoms with E-state index in [1.807, 2.05) is 13.0 Å². The van der Waals surface area contributed by atoms with Gasteiger partial charge < -0.3 is 15.0 Å². The standard InChI is InChI=1S/C16H25FN2O/c1-12(11-19-9-4-5-10-19)18-13(2)16-14(17)7-6-8-15(16)20-3/h6-8,12-13,18H,4-5,9-11H2,1-3H3. The van der Waals surface area contributed by atoms with E-state index in [0.29, 0.717) is 17.4 Å². The lowest BCUT2D eigenvalue weighted by atomic mass is 10.1. The van der Waals surface area contributed by atoms with Crippen LogP contribution < -0.4 is 10.1 Å². The van der Waals surface area contributed by atoms with Crippen LogP contribution in [0.25, 0.3) is 0 Å². The monoisotopic (exact) mass is 280 g/mol. The van der Waals surface area contributed by atoms with Gasteiger partial charge in [0, 0.05) is 24.2 Å². The predicted octanol–water partition coefficient (Wildman–Crippen LogP) is 2.97. The van der Waals surface area contributed by atoms with Crippen molar-refractivity contribution in [2.75, 3.05) is 26.7 Å². The molecule has 1 saturated heterocycles. The minimum Gasteiger partial charge on any atom is -0.496 e. The third kappa shape index (κ3) is 3.70. The minimum atomic E-state index is -0.210. The number of halogens is 1. The maximum absolute atomic E-state index is 14.0. The molecule has 1 N–H and O–H groups in total. The van der Waals surface area contributed by atoms with Gasteiger partial charge in [-0.1, -0.05) is 6.07 Å². The molecule has 2 atom stereocenters. The van der Waals surface area contributed by atoms with Crippen molar-refractivity contribution in [3.05, 3.63) is 29.6 Å². The lowest BCUT2D eigenvalue weighted by Crippen LogP contribution is -2.39. The number of hydrogen-bond donors (Lipinski definition) is 1. The van der Waals surface area contributed by atoms with Crippen molar-refractivity contribution in [3.63, 3.8) is 0 Å². The highest BCUT2D eigenvalue weighted by atomic mass is 19.1. The zero-order valence-corrected chi connectivity index (χ0v) is 12.7. The van der Waals surface area contributed by atoms with Gasteiger partial charge in [0.2, 0.25) is 0 Å². The number of nitrogens with one attached hydrogen (secondary N) is 1. The average Bonchev–Trinajstić information content (AvgIpc) is 2.90. The lowest BCUT2D eigenvalue weighted by molar-refractivity contribution is 0.286. The van der Waals surface area contributed by atoms with Crippen LogP contribution in [0.4, 0.5) is 4.39 Å². The Kier molecular flexibility index (Phi) is 5.38. The summed E-state index contributed by atoms with van der Waals surface area (Å²) in [4.78, 5) is 2.46. The first kappa shape index (κ1) is 15.3. The third-order valence-corrected chi connectivity index (χ3v) is 3.93. The number of benzene rings is 1. The number of methoxy groups -OCH3 is 1. The van der Waals surface area contributed by atoms with Crippen molar-refractivity contribution in [1.29, 1.82) is 0 Å². The normalized spacial score (nSPS) is 19.0. The van der Waals surface area contributed by atoms with E-state index in [0.717, 1.165) is 6.54 Å². The van der Waals surface area contributed by atoms with E-state index < -0.39 is 0 Å². The second-order valence-electron chi connectivity index (χ2n) is 5.65. The van der Waals surface area contributed by atoms with Crippen molar-refractivity contribution in [2.45, 2.75) is 38.8 Å². The molecule has 3 nitrogen and oxygen atoms in total. The van der Waals surface area contributed by atoms with E-state index in [9.17, 15) is 4.39 Å². The molecular formula is C16H25FN2O. The van der Waals surface area contributed by atoms with Crippen LogP contribution in [-0.4, -0.2) is 37.7 Å². The van der Waals surface area contributed by atoms with Crippen LogP contribution in [0.2, 0.25) is 0 Å². The highest BCUT2D eigenvalue weighted by molar-refractivity contribution is 5.36. The van der Waals surface area contributed by atoms with Crippen LogP contribution in [-0.2, 0) is 0 Å². The zero-order chi connectivity index (χ0) is 14.5. The Morgan fingerprint density at radius 2 is 2.00 bits per heavy atom. The molecule has 2 unspecified atom stereocenters. The smallest absolute Gasteiger partial charge is 0.131 e. The fourth-order valence-electron chi connectivity index (χ4n) is 3.03. The van der Waals surface area contributed by atoms with E-state index >= 15 is 0 Å². The van der Waals surface area contributed by atoms with Gasteiger partial charge in [0.25, 0.3) is 0 Å². The summed E-state index contributed by atoms with van der Waals surface area (Å²) in [5.41, 5.74) is 0.614. The van der Waals surface area contributed by atoms with Crippen LogP contribution in [0.1, 0.15) is 38.3 Å². The minimum absolute atomic E-state index is 0.0660. The fourth-order valence-corrected chi connectivity index (χ4v) is 3.03. The molecule has 0 radical (unpaired) electrons. The molecule has 0 saturated carbocycles. The van der Waals surface area contributed by atoms with Crippen molar-refractivity contribution in [3.8, 4) is 5.75 Å². The van der Waals surface area contributed by atoms with Gasteiger partial charge >= 0.3 is 0 Å².